The summed E-state index contributed by atoms with van der Waals surface area (Å²) in [6.45, 7) is 6.69. The van der Waals surface area contributed by atoms with Gasteiger partial charge in [-0.25, -0.2) is 0 Å². The molecule has 0 spiro atoms. The third-order valence-corrected chi connectivity index (χ3v) is 5.97. The Morgan fingerprint density at radius 1 is 1.12 bits per heavy atom. The lowest BCUT2D eigenvalue weighted by molar-refractivity contribution is -0.115. The summed E-state index contributed by atoms with van der Waals surface area (Å²) in [5.41, 5.74) is 3.83. The second-order valence-electron chi connectivity index (χ2n) is 6.44. The molecule has 26 heavy (non-hydrogen) atoms. The first kappa shape index (κ1) is 18.5. The van der Waals surface area contributed by atoms with E-state index >= 15 is 0 Å². The van der Waals surface area contributed by atoms with Crippen LogP contribution in [0.1, 0.15) is 23.6 Å². The summed E-state index contributed by atoms with van der Waals surface area (Å²) in [7, 11) is -1.31. The number of fused-ring (bicyclic) bond motifs is 1. The second kappa shape index (κ2) is 7.91. The third-order valence-electron chi connectivity index (χ3n) is 4.38. The number of aryl methyl sites for hydroxylation is 2. The van der Waals surface area contributed by atoms with E-state index in [0.717, 1.165) is 16.7 Å². The van der Waals surface area contributed by atoms with E-state index in [4.69, 9.17) is 9.47 Å². The maximum atomic E-state index is 12.6. The Morgan fingerprint density at radius 3 is 2.62 bits per heavy atom. The van der Waals surface area contributed by atoms with E-state index in [1.165, 1.54) is 0 Å². The van der Waals surface area contributed by atoms with Gasteiger partial charge in [-0.15, -0.1) is 0 Å². The standard InChI is InChI=1S/C20H23NO4S/c1-13-4-5-14(2)16(10-13)12-26(23)15(3)20(22)21-17-6-7-18-19(11-17)25-9-8-24-18/h4-7,10-11,15H,8-9,12H2,1-3H3,(H,21,22)/t15-,26+/m0/s1. The minimum Gasteiger partial charge on any atom is -0.486 e. The molecule has 138 valence electrons. The first-order valence-corrected chi connectivity index (χ1v) is 9.96. The van der Waals surface area contributed by atoms with Gasteiger partial charge < -0.3 is 14.8 Å². The van der Waals surface area contributed by atoms with E-state index in [2.05, 4.69) is 5.32 Å². The van der Waals surface area contributed by atoms with Crippen LogP contribution in [0.15, 0.2) is 36.4 Å². The smallest absolute Gasteiger partial charge is 0.239 e. The predicted octanol–water partition coefficient (Wildman–Crippen LogP) is 3.35. The topological polar surface area (TPSA) is 64.6 Å². The summed E-state index contributed by atoms with van der Waals surface area (Å²) in [5.74, 6) is 1.37. The van der Waals surface area contributed by atoms with Gasteiger partial charge in [-0.1, -0.05) is 23.8 Å². The summed E-state index contributed by atoms with van der Waals surface area (Å²) >= 11 is 0. The van der Waals surface area contributed by atoms with Crippen LogP contribution in [0, 0.1) is 13.8 Å². The summed E-state index contributed by atoms with van der Waals surface area (Å²) in [6.07, 6.45) is 0. The normalized spacial score (nSPS) is 15.2. The Kier molecular flexibility index (Phi) is 5.61. The van der Waals surface area contributed by atoms with Crippen molar-refractivity contribution in [2.75, 3.05) is 18.5 Å². The molecule has 6 heteroatoms. The number of nitrogens with one attached hydrogen (secondary N) is 1. The van der Waals surface area contributed by atoms with E-state index in [1.54, 1.807) is 25.1 Å². The molecule has 0 bridgehead atoms. The lowest BCUT2D eigenvalue weighted by Gasteiger charge is -2.19. The number of carbonyl (C=O) groups is 1. The average molecular weight is 373 g/mol. The zero-order chi connectivity index (χ0) is 18.7. The quantitative estimate of drug-likeness (QED) is 0.873. The van der Waals surface area contributed by atoms with E-state index in [9.17, 15) is 9.00 Å². The van der Waals surface area contributed by atoms with Gasteiger partial charge in [0, 0.05) is 28.3 Å². The third kappa shape index (κ3) is 4.25. The maximum Gasteiger partial charge on any atom is 0.239 e. The van der Waals surface area contributed by atoms with E-state index in [0.29, 0.717) is 36.2 Å². The molecule has 0 fully saturated rings. The molecule has 2 aromatic carbocycles. The number of carbonyl (C=O) groups excluding carboxylic acids is 1. The monoisotopic (exact) mass is 373 g/mol. The van der Waals surface area contributed by atoms with Gasteiger partial charge in [-0.05, 0) is 44.0 Å². The molecule has 2 aromatic rings. The largest absolute Gasteiger partial charge is 0.486 e. The molecule has 1 heterocycles. The van der Waals surface area contributed by atoms with Crippen molar-refractivity contribution in [3.05, 3.63) is 53.1 Å². The summed E-state index contributed by atoms with van der Waals surface area (Å²) in [5, 5.41) is 2.19. The van der Waals surface area contributed by atoms with Crippen molar-refractivity contribution in [1.82, 2.24) is 0 Å². The molecule has 0 saturated carbocycles. The maximum absolute atomic E-state index is 12.6. The Morgan fingerprint density at radius 2 is 1.85 bits per heavy atom. The van der Waals surface area contributed by atoms with E-state index in [-0.39, 0.29) is 5.91 Å². The van der Waals surface area contributed by atoms with Crippen molar-refractivity contribution < 1.29 is 18.5 Å². The van der Waals surface area contributed by atoms with Crippen LogP contribution < -0.4 is 14.8 Å². The molecule has 0 aliphatic carbocycles. The Bertz CT molecular complexity index is 850. The zero-order valence-electron chi connectivity index (χ0n) is 15.2. The summed E-state index contributed by atoms with van der Waals surface area (Å²) in [6, 6.07) is 11.3. The van der Waals surface area contributed by atoms with Crippen molar-refractivity contribution in [2.24, 2.45) is 0 Å². The number of hydrogen-bond donors (Lipinski definition) is 1. The van der Waals surface area contributed by atoms with Crippen LogP contribution in [0.4, 0.5) is 5.69 Å². The Balaban J connectivity index is 1.65. The predicted molar refractivity (Wildman–Crippen MR) is 103 cm³/mol. The molecule has 2 atom stereocenters. The molecular weight excluding hydrogens is 350 g/mol. The van der Waals surface area contributed by atoms with E-state index < -0.39 is 16.0 Å². The van der Waals surface area contributed by atoms with Gasteiger partial charge in [0.2, 0.25) is 5.91 Å². The molecule has 5 nitrogen and oxygen atoms in total. The number of ether oxygens (including phenoxy) is 2. The van der Waals surface area contributed by atoms with Crippen LogP contribution in [-0.2, 0) is 21.3 Å². The minimum absolute atomic E-state index is 0.273. The van der Waals surface area contributed by atoms with Crippen LogP contribution >= 0.6 is 0 Å². The number of anilines is 1. The highest BCUT2D eigenvalue weighted by Crippen LogP contribution is 2.32. The SMILES string of the molecule is Cc1ccc(C)c(C[S@@](=O)[C@@H](C)C(=O)Nc2ccc3c(c2)OCCO3)c1. The van der Waals surface area contributed by atoms with Crippen molar-refractivity contribution in [3.8, 4) is 11.5 Å². The van der Waals surface area contributed by atoms with Gasteiger partial charge in [0.1, 0.15) is 18.5 Å². The van der Waals surface area contributed by atoms with Crippen LogP contribution in [0.5, 0.6) is 11.5 Å². The van der Waals surface area contributed by atoms with Crippen LogP contribution in [0.2, 0.25) is 0 Å². The van der Waals surface area contributed by atoms with Crippen molar-refractivity contribution in [3.63, 3.8) is 0 Å². The van der Waals surface area contributed by atoms with Crippen molar-refractivity contribution >= 4 is 22.4 Å². The fourth-order valence-electron chi connectivity index (χ4n) is 2.72. The van der Waals surface area contributed by atoms with Crippen molar-refractivity contribution in [1.29, 1.82) is 0 Å². The van der Waals surface area contributed by atoms with Gasteiger partial charge in [0.15, 0.2) is 11.5 Å². The van der Waals surface area contributed by atoms with Crippen LogP contribution in [0.3, 0.4) is 0 Å². The van der Waals surface area contributed by atoms with E-state index in [1.807, 2.05) is 32.0 Å². The highest BCUT2D eigenvalue weighted by atomic mass is 32.2. The number of amides is 1. The highest BCUT2D eigenvalue weighted by molar-refractivity contribution is 7.85. The first-order valence-electron chi connectivity index (χ1n) is 8.58. The molecule has 1 aliphatic heterocycles. The molecule has 0 aromatic heterocycles. The fraction of sp³-hybridized carbons (Fsp3) is 0.350. The minimum atomic E-state index is -1.31. The molecule has 1 aliphatic rings. The summed E-state index contributed by atoms with van der Waals surface area (Å²) < 4.78 is 23.6. The van der Waals surface area contributed by atoms with Gasteiger partial charge >= 0.3 is 0 Å². The summed E-state index contributed by atoms with van der Waals surface area (Å²) in [4.78, 5) is 12.5. The fourth-order valence-corrected chi connectivity index (χ4v) is 3.88. The lowest BCUT2D eigenvalue weighted by Crippen LogP contribution is -2.30. The molecule has 1 N–H and O–H groups in total. The molecule has 0 radical (unpaired) electrons. The molecular formula is C20H23NO4S. The molecule has 0 saturated heterocycles. The highest BCUT2D eigenvalue weighted by Gasteiger charge is 2.22. The number of rotatable bonds is 5. The number of hydrogen-bond acceptors (Lipinski definition) is 4. The second-order valence-corrected chi connectivity index (χ2v) is 8.20. The van der Waals surface area contributed by atoms with Crippen LogP contribution in [0.25, 0.3) is 0 Å². The molecule has 0 unspecified atom stereocenters. The van der Waals surface area contributed by atoms with Gasteiger partial charge in [-0.3, -0.25) is 9.00 Å². The van der Waals surface area contributed by atoms with Crippen LogP contribution in [-0.4, -0.2) is 28.6 Å². The zero-order valence-corrected chi connectivity index (χ0v) is 16.0. The van der Waals surface area contributed by atoms with Gasteiger partial charge in [-0.2, -0.15) is 0 Å². The lowest BCUT2D eigenvalue weighted by atomic mass is 10.1. The van der Waals surface area contributed by atoms with Gasteiger partial charge in [0.25, 0.3) is 0 Å². The number of benzene rings is 2. The molecule has 1 amide bonds. The Labute approximate surface area is 156 Å². The average Bonchev–Trinajstić information content (AvgIpc) is 2.64. The first-order chi connectivity index (χ1) is 12.4. The van der Waals surface area contributed by atoms with Crippen molar-refractivity contribution in [2.45, 2.75) is 31.8 Å². The van der Waals surface area contributed by atoms with Gasteiger partial charge in [0.05, 0.1) is 0 Å². The molecule has 3 rings (SSSR count). The Hall–Kier alpha value is -2.34.